The number of methoxy groups -OCH3 is 1. The second-order valence-corrected chi connectivity index (χ2v) is 10.9. The van der Waals surface area contributed by atoms with E-state index in [1.54, 1.807) is 0 Å². The Hall–Kier alpha value is -1.23. The van der Waals surface area contributed by atoms with Gasteiger partial charge in [-0.25, -0.2) is 8.42 Å². The Balaban J connectivity index is 1.91. The molecular weight excluding hydrogens is 416 g/mol. The highest BCUT2D eigenvalue weighted by molar-refractivity contribution is 7.92. The first-order chi connectivity index (χ1) is 14.0. The van der Waals surface area contributed by atoms with Gasteiger partial charge in [-0.3, -0.25) is 9.59 Å². The number of epoxide rings is 1. The van der Waals surface area contributed by atoms with Crippen molar-refractivity contribution in [2.45, 2.75) is 88.6 Å². The van der Waals surface area contributed by atoms with Crippen LogP contribution in [0.1, 0.15) is 52.9 Å². The Morgan fingerprint density at radius 3 is 2.50 bits per heavy atom. The second kappa shape index (κ2) is 10.4. The third kappa shape index (κ3) is 6.63. The van der Waals surface area contributed by atoms with E-state index in [1.165, 1.54) is 13.8 Å². The van der Waals surface area contributed by atoms with Crippen LogP contribution in [0.15, 0.2) is 0 Å². The van der Waals surface area contributed by atoms with Crippen molar-refractivity contribution in [3.05, 3.63) is 0 Å². The Bertz CT molecular complexity index is 707. The first kappa shape index (κ1) is 25.0. The lowest BCUT2D eigenvalue weighted by Gasteiger charge is -2.28. The molecule has 0 spiro atoms. The molecule has 0 aromatic carbocycles. The van der Waals surface area contributed by atoms with Crippen molar-refractivity contribution >= 4 is 21.8 Å². The molecule has 2 aliphatic rings. The SMILES string of the molecule is COC(=O)CS(=O)(=O)C(C)C(O)C1CC(O)CC1C1OC1CCCC(C)OC(C)=O. The minimum Gasteiger partial charge on any atom is -0.468 e. The lowest BCUT2D eigenvalue weighted by Crippen LogP contribution is -2.42. The van der Waals surface area contributed by atoms with E-state index in [2.05, 4.69) is 4.74 Å². The van der Waals surface area contributed by atoms with E-state index in [4.69, 9.17) is 9.47 Å². The number of rotatable bonds is 11. The van der Waals surface area contributed by atoms with E-state index in [9.17, 15) is 28.2 Å². The molecule has 0 radical (unpaired) electrons. The summed E-state index contributed by atoms with van der Waals surface area (Å²) in [4.78, 5) is 22.3. The predicted molar refractivity (Wildman–Crippen MR) is 107 cm³/mol. The molecule has 1 aliphatic carbocycles. The lowest BCUT2D eigenvalue weighted by molar-refractivity contribution is -0.145. The summed E-state index contributed by atoms with van der Waals surface area (Å²) in [5.74, 6) is -2.55. The minimum absolute atomic E-state index is 0.0125. The number of ether oxygens (including phenoxy) is 3. The van der Waals surface area contributed by atoms with Crippen molar-refractivity contribution in [2.24, 2.45) is 11.8 Å². The number of hydrogen-bond donors (Lipinski definition) is 2. The molecule has 9 nitrogen and oxygen atoms in total. The second-order valence-electron chi connectivity index (χ2n) is 8.52. The molecule has 8 unspecified atom stereocenters. The van der Waals surface area contributed by atoms with Crippen LogP contribution in [-0.2, 0) is 33.6 Å². The van der Waals surface area contributed by atoms with Crippen LogP contribution in [0.2, 0.25) is 0 Å². The normalized spacial score (nSPS) is 31.6. The molecule has 1 heterocycles. The molecule has 10 heteroatoms. The van der Waals surface area contributed by atoms with Crippen molar-refractivity contribution in [2.75, 3.05) is 12.9 Å². The number of aliphatic hydroxyl groups is 2. The van der Waals surface area contributed by atoms with Crippen LogP contribution in [0.25, 0.3) is 0 Å². The van der Waals surface area contributed by atoms with Gasteiger partial charge in [0.2, 0.25) is 0 Å². The molecule has 8 atom stereocenters. The summed E-state index contributed by atoms with van der Waals surface area (Å²) < 4.78 is 40.2. The molecule has 30 heavy (non-hydrogen) atoms. The van der Waals surface area contributed by atoms with Crippen LogP contribution in [0.4, 0.5) is 0 Å². The largest absolute Gasteiger partial charge is 0.468 e. The maximum Gasteiger partial charge on any atom is 0.320 e. The summed E-state index contributed by atoms with van der Waals surface area (Å²) in [5.41, 5.74) is 0. The quantitative estimate of drug-likeness (QED) is 0.342. The average molecular weight is 451 g/mol. The van der Waals surface area contributed by atoms with Gasteiger partial charge in [0.25, 0.3) is 0 Å². The summed E-state index contributed by atoms with van der Waals surface area (Å²) in [5, 5.41) is 19.8. The fraction of sp³-hybridized carbons (Fsp3) is 0.900. The van der Waals surface area contributed by atoms with Crippen LogP contribution < -0.4 is 0 Å². The Morgan fingerprint density at radius 2 is 1.90 bits per heavy atom. The molecule has 2 rings (SSSR count). The summed E-state index contributed by atoms with van der Waals surface area (Å²) >= 11 is 0. The fourth-order valence-corrected chi connectivity index (χ4v) is 5.81. The number of hydrogen-bond acceptors (Lipinski definition) is 9. The molecular formula is C20H34O9S. The van der Waals surface area contributed by atoms with E-state index >= 15 is 0 Å². The Morgan fingerprint density at radius 1 is 1.23 bits per heavy atom. The maximum absolute atomic E-state index is 12.4. The van der Waals surface area contributed by atoms with E-state index in [0.29, 0.717) is 19.3 Å². The molecule has 2 fully saturated rings. The summed E-state index contributed by atoms with van der Waals surface area (Å²) in [6.07, 6.45) is 0.871. The third-order valence-electron chi connectivity index (χ3n) is 6.18. The van der Waals surface area contributed by atoms with Crippen LogP contribution in [0.3, 0.4) is 0 Å². The molecule has 1 aliphatic heterocycles. The molecule has 0 amide bonds. The third-order valence-corrected chi connectivity index (χ3v) is 8.23. The summed E-state index contributed by atoms with van der Waals surface area (Å²) in [6.45, 7) is 4.59. The minimum atomic E-state index is -3.89. The van der Waals surface area contributed by atoms with Crippen molar-refractivity contribution < 1.29 is 42.4 Å². The number of carbonyl (C=O) groups is 2. The molecule has 174 valence electrons. The highest BCUT2D eigenvalue weighted by atomic mass is 32.2. The smallest absolute Gasteiger partial charge is 0.320 e. The zero-order valence-corrected chi connectivity index (χ0v) is 18.8. The molecule has 0 aromatic heterocycles. The van der Waals surface area contributed by atoms with Crippen LogP contribution in [0, 0.1) is 11.8 Å². The van der Waals surface area contributed by atoms with Gasteiger partial charge < -0.3 is 24.4 Å². The van der Waals surface area contributed by atoms with Crippen LogP contribution in [0.5, 0.6) is 0 Å². The predicted octanol–water partition coefficient (Wildman–Crippen LogP) is 0.600. The van der Waals surface area contributed by atoms with E-state index in [0.717, 1.165) is 20.0 Å². The fourth-order valence-electron chi connectivity index (χ4n) is 4.47. The van der Waals surface area contributed by atoms with Crippen LogP contribution in [-0.4, -0.2) is 79.2 Å². The van der Waals surface area contributed by atoms with Gasteiger partial charge in [0.05, 0.1) is 42.9 Å². The number of aliphatic hydroxyl groups excluding tert-OH is 2. The molecule has 1 saturated heterocycles. The molecule has 2 N–H and O–H groups in total. The summed E-state index contributed by atoms with van der Waals surface area (Å²) in [7, 11) is -2.78. The number of carbonyl (C=O) groups excluding carboxylic acids is 2. The topological polar surface area (TPSA) is 140 Å². The Labute approximate surface area is 178 Å². The van der Waals surface area contributed by atoms with E-state index in [1.807, 2.05) is 6.92 Å². The van der Waals surface area contributed by atoms with Crippen molar-refractivity contribution in [3.63, 3.8) is 0 Å². The maximum atomic E-state index is 12.4. The first-order valence-corrected chi connectivity index (χ1v) is 12.1. The average Bonchev–Trinajstić information content (AvgIpc) is 3.31. The number of esters is 2. The Kier molecular flexibility index (Phi) is 8.67. The van der Waals surface area contributed by atoms with Crippen LogP contribution >= 0.6 is 0 Å². The van der Waals surface area contributed by atoms with Crippen molar-refractivity contribution in [3.8, 4) is 0 Å². The monoisotopic (exact) mass is 450 g/mol. The zero-order valence-electron chi connectivity index (χ0n) is 18.0. The molecule has 0 aromatic rings. The van der Waals surface area contributed by atoms with Gasteiger partial charge in [-0.1, -0.05) is 0 Å². The van der Waals surface area contributed by atoms with Crippen molar-refractivity contribution in [1.82, 2.24) is 0 Å². The van der Waals surface area contributed by atoms with Gasteiger partial charge in [0.15, 0.2) is 9.84 Å². The summed E-state index contributed by atoms with van der Waals surface area (Å²) in [6, 6.07) is 0. The van der Waals surface area contributed by atoms with Crippen molar-refractivity contribution in [1.29, 1.82) is 0 Å². The first-order valence-electron chi connectivity index (χ1n) is 10.4. The molecule has 0 bridgehead atoms. The molecule has 1 saturated carbocycles. The van der Waals surface area contributed by atoms with Gasteiger partial charge >= 0.3 is 11.9 Å². The van der Waals surface area contributed by atoms with Gasteiger partial charge in [0.1, 0.15) is 5.75 Å². The van der Waals surface area contributed by atoms with Gasteiger partial charge in [-0.05, 0) is 57.8 Å². The van der Waals surface area contributed by atoms with Gasteiger partial charge in [0, 0.05) is 6.92 Å². The highest BCUT2D eigenvalue weighted by Gasteiger charge is 2.53. The van der Waals surface area contributed by atoms with Gasteiger partial charge in [-0.2, -0.15) is 0 Å². The highest BCUT2D eigenvalue weighted by Crippen LogP contribution is 2.47. The van der Waals surface area contributed by atoms with E-state index < -0.39 is 44.9 Å². The van der Waals surface area contributed by atoms with E-state index in [-0.39, 0.29) is 30.2 Å². The standard InChI is InChI=1S/C20H34O9S/c1-11(28-13(3)21)6-5-7-17-20(29-17)16-9-14(22)8-15(16)19(24)12(2)30(25,26)10-18(23)27-4/h11-12,14-17,19-20,22,24H,5-10H2,1-4H3. The number of sulfone groups is 1. The lowest BCUT2D eigenvalue weighted by atomic mass is 9.85. The zero-order chi connectivity index (χ0) is 22.6. The van der Waals surface area contributed by atoms with Gasteiger partial charge in [-0.15, -0.1) is 0 Å².